The van der Waals surface area contributed by atoms with Crippen molar-refractivity contribution < 1.29 is 4.79 Å². The molecule has 0 fully saturated rings. The summed E-state index contributed by atoms with van der Waals surface area (Å²) in [6, 6.07) is 14.4. The Morgan fingerprint density at radius 3 is 2.79 bits per heavy atom. The number of hydrogen-bond acceptors (Lipinski definition) is 4. The van der Waals surface area contributed by atoms with Gasteiger partial charge in [0.25, 0.3) is 0 Å². The van der Waals surface area contributed by atoms with Gasteiger partial charge in [-0.1, -0.05) is 36.4 Å². The molecule has 0 unspecified atom stereocenters. The highest BCUT2D eigenvalue weighted by atomic mass is 32.1. The summed E-state index contributed by atoms with van der Waals surface area (Å²) in [5.74, 6) is 0.0762. The van der Waals surface area contributed by atoms with E-state index in [2.05, 4.69) is 28.7 Å². The van der Waals surface area contributed by atoms with Crippen LogP contribution in [0.3, 0.4) is 0 Å². The number of carbonyl (C=O) groups excluding carboxylic acids is 1. The molecule has 6 heteroatoms. The molecule has 1 aliphatic rings. The van der Waals surface area contributed by atoms with Crippen LogP contribution in [0.15, 0.2) is 65.8 Å². The molecule has 144 valence electrons. The first kappa shape index (κ1) is 17.8. The fourth-order valence-corrected chi connectivity index (χ4v) is 4.54. The number of hydrogen-bond donors (Lipinski definition) is 0. The first-order chi connectivity index (χ1) is 14.2. The summed E-state index contributed by atoms with van der Waals surface area (Å²) in [6.07, 6.45) is 7.29. The number of thiophene rings is 1. The second kappa shape index (κ2) is 7.29. The van der Waals surface area contributed by atoms with Gasteiger partial charge < -0.3 is 0 Å². The van der Waals surface area contributed by atoms with Crippen LogP contribution in [0.25, 0.3) is 16.6 Å². The summed E-state index contributed by atoms with van der Waals surface area (Å²) >= 11 is 1.66. The minimum Gasteiger partial charge on any atom is -0.289 e. The number of ketones is 1. The molecular weight excluding hydrogens is 380 g/mol. The average molecular weight is 401 g/mol. The smallest absolute Gasteiger partial charge is 0.192 e. The van der Waals surface area contributed by atoms with E-state index in [4.69, 9.17) is 5.10 Å². The number of rotatable bonds is 4. The molecule has 0 amide bonds. The molecule has 29 heavy (non-hydrogen) atoms. The third-order valence-corrected chi connectivity index (χ3v) is 6.17. The Balaban J connectivity index is 1.54. The van der Waals surface area contributed by atoms with Crippen LogP contribution in [-0.2, 0) is 20.0 Å². The van der Waals surface area contributed by atoms with Crippen molar-refractivity contribution in [2.24, 2.45) is 7.05 Å². The largest absolute Gasteiger partial charge is 0.289 e. The number of allylic oxidation sites excluding steroid dienone is 1. The molecule has 0 bridgehead atoms. The normalized spacial score (nSPS) is 15.1. The van der Waals surface area contributed by atoms with Crippen LogP contribution < -0.4 is 0 Å². The van der Waals surface area contributed by atoms with Crippen molar-refractivity contribution in [3.8, 4) is 10.6 Å². The van der Waals surface area contributed by atoms with Crippen LogP contribution >= 0.6 is 11.3 Å². The van der Waals surface area contributed by atoms with Crippen molar-refractivity contribution in [2.45, 2.75) is 19.4 Å². The lowest BCUT2D eigenvalue weighted by atomic mass is 9.90. The predicted octanol–water partition coefficient (Wildman–Crippen LogP) is 4.61. The molecule has 5 rings (SSSR count). The number of nitrogens with zero attached hydrogens (tertiary/aromatic N) is 4. The second-order valence-electron chi connectivity index (χ2n) is 7.22. The monoisotopic (exact) mass is 400 g/mol. The van der Waals surface area contributed by atoms with Crippen molar-refractivity contribution in [1.82, 2.24) is 19.6 Å². The van der Waals surface area contributed by atoms with Gasteiger partial charge in [0.15, 0.2) is 5.78 Å². The van der Waals surface area contributed by atoms with Gasteiger partial charge >= 0.3 is 0 Å². The highest BCUT2D eigenvalue weighted by molar-refractivity contribution is 7.13. The molecule has 5 nitrogen and oxygen atoms in total. The van der Waals surface area contributed by atoms with Crippen molar-refractivity contribution >= 4 is 23.2 Å². The molecule has 1 aliphatic carbocycles. The minimum atomic E-state index is 0.0762. The van der Waals surface area contributed by atoms with Crippen LogP contribution in [0, 0.1) is 0 Å². The van der Waals surface area contributed by atoms with E-state index >= 15 is 0 Å². The Morgan fingerprint density at radius 1 is 1.14 bits per heavy atom. The van der Waals surface area contributed by atoms with Crippen molar-refractivity contribution in [2.75, 3.05) is 0 Å². The average Bonchev–Trinajstić information content (AvgIpc) is 3.46. The van der Waals surface area contributed by atoms with Crippen LogP contribution in [0.2, 0.25) is 0 Å². The van der Waals surface area contributed by atoms with Crippen LogP contribution in [0.4, 0.5) is 0 Å². The highest BCUT2D eigenvalue weighted by Gasteiger charge is 2.25. The van der Waals surface area contributed by atoms with Gasteiger partial charge in [0.1, 0.15) is 5.69 Å². The third-order valence-electron chi connectivity index (χ3n) is 5.29. The van der Waals surface area contributed by atoms with Crippen molar-refractivity contribution in [3.05, 3.63) is 88.2 Å². The van der Waals surface area contributed by atoms with Crippen molar-refractivity contribution in [3.63, 3.8) is 0 Å². The van der Waals surface area contributed by atoms with Gasteiger partial charge in [-0.15, -0.1) is 11.3 Å². The molecule has 0 spiro atoms. The van der Waals surface area contributed by atoms with Crippen LogP contribution in [0.5, 0.6) is 0 Å². The summed E-state index contributed by atoms with van der Waals surface area (Å²) in [5.41, 5.74) is 5.67. The molecule has 0 N–H and O–H groups in total. The van der Waals surface area contributed by atoms with E-state index in [0.29, 0.717) is 6.54 Å². The number of aromatic nitrogens is 4. The lowest BCUT2D eigenvalue weighted by molar-refractivity contribution is 0.102. The summed E-state index contributed by atoms with van der Waals surface area (Å²) in [5, 5.41) is 11.1. The molecule has 1 aromatic carbocycles. The summed E-state index contributed by atoms with van der Waals surface area (Å²) in [4.78, 5) is 14.1. The molecule has 3 aromatic heterocycles. The summed E-state index contributed by atoms with van der Waals surface area (Å²) < 4.78 is 3.76. The number of carbonyl (C=O) groups is 1. The second-order valence-corrected chi connectivity index (χ2v) is 8.17. The quantitative estimate of drug-likeness (QED) is 0.470. The Labute approximate surface area is 172 Å². The maximum absolute atomic E-state index is 13.0. The van der Waals surface area contributed by atoms with E-state index in [-0.39, 0.29) is 5.78 Å². The van der Waals surface area contributed by atoms with Crippen molar-refractivity contribution in [1.29, 1.82) is 0 Å². The standard InChI is InChI=1S/C23H20N4OS/c1-26-20-10-9-17(23(28)19(20)13-24-26)12-18-15-27(14-16-6-3-2-4-7-16)25-22(18)21-8-5-11-29-21/h2-8,11-13,15H,9-10,14H2,1H3/b17-12-. The zero-order valence-electron chi connectivity index (χ0n) is 16.1. The molecule has 4 aromatic rings. The maximum atomic E-state index is 13.0. The topological polar surface area (TPSA) is 52.7 Å². The van der Waals surface area contributed by atoms with Gasteiger partial charge in [0, 0.05) is 30.1 Å². The SMILES string of the molecule is Cn1ncc2c1CC/C(=C/c1cn(Cc3ccccc3)nc1-c1cccs1)C2=O. The van der Waals surface area contributed by atoms with E-state index in [1.54, 1.807) is 22.2 Å². The summed E-state index contributed by atoms with van der Waals surface area (Å²) in [7, 11) is 1.89. The first-order valence-corrected chi connectivity index (χ1v) is 10.5. The predicted molar refractivity (Wildman–Crippen MR) is 115 cm³/mol. The molecule has 0 aliphatic heterocycles. The van der Waals surface area contributed by atoms with E-state index in [1.165, 1.54) is 5.56 Å². The van der Waals surface area contributed by atoms with E-state index < -0.39 is 0 Å². The molecule has 3 heterocycles. The number of aryl methyl sites for hydroxylation is 1. The van der Waals surface area contributed by atoms with Crippen LogP contribution in [-0.4, -0.2) is 25.3 Å². The molecule has 0 atom stereocenters. The zero-order valence-corrected chi connectivity index (χ0v) is 16.9. The van der Waals surface area contributed by atoms with Gasteiger partial charge in [-0.05, 0) is 35.9 Å². The lowest BCUT2D eigenvalue weighted by Gasteiger charge is -2.14. The molecular formula is C23H20N4OS. The molecule has 0 saturated heterocycles. The van der Waals surface area contributed by atoms with Gasteiger partial charge in [0.05, 0.1) is 23.2 Å². The molecule has 0 radical (unpaired) electrons. The molecule has 0 saturated carbocycles. The Hall–Kier alpha value is -3.25. The zero-order chi connectivity index (χ0) is 19.8. The Kier molecular flexibility index (Phi) is 4.48. The minimum absolute atomic E-state index is 0.0762. The summed E-state index contributed by atoms with van der Waals surface area (Å²) in [6.45, 7) is 0.698. The Morgan fingerprint density at radius 2 is 2.00 bits per heavy atom. The number of Topliss-reactive ketones (excluding diaryl/α,β-unsaturated/α-hetero) is 1. The number of benzene rings is 1. The lowest BCUT2D eigenvalue weighted by Crippen LogP contribution is -2.15. The fourth-order valence-electron chi connectivity index (χ4n) is 3.81. The maximum Gasteiger partial charge on any atom is 0.192 e. The van der Waals surface area contributed by atoms with Crippen LogP contribution in [0.1, 0.15) is 33.6 Å². The fraction of sp³-hybridized carbons (Fsp3) is 0.174. The van der Waals surface area contributed by atoms with Gasteiger partial charge in [-0.25, -0.2) is 0 Å². The Bertz CT molecular complexity index is 1200. The highest BCUT2D eigenvalue weighted by Crippen LogP contribution is 2.31. The van der Waals surface area contributed by atoms with E-state index in [1.807, 2.05) is 48.3 Å². The van der Waals surface area contributed by atoms with Gasteiger partial charge in [-0.2, -0.15) is 10.2 Å². The van der Waals surface area contributed by atoms with Gasteiger partial charge in [-0.3, -0.25) is 14.2 Å². The first-order valence-electron chi connectivity index (χ1n) is 9.60. The van der Waals surface area contributed by atoms with Gasteiger partial charge in [0.2, 0.25) is 0 Å². The van der Waals surface area contributed by atoms with E-state index in [9.17, 15) is 4.79 Å². The number of fused-ring (bicyclic) bond motifs is 1. The van der Waals surface area contributed by atoms with E-state index in [0.717, 1.165) is 45.8 Å². The third kappa shape index (κ3) is 3.36.